The van der Waals surface area contributed by atoms with Crippen LogP contribution in [0.4, 0.5) is 17.1 Å². The van der Waals surface area contributed by atoms with E-state index >= 15 is 0 Å². The van der Waals surface area contributed by atoms with Gasteiger partial charge in [0.2, 0.25) is 0 Å². The van der Waals surface area contributed by atoms with E-state index in [1.807, 2.05) is 0 Å². The zero-order valence-corrected chi connectivity index (χ0v) is 16.2. The normalized spacial score (nSPS) is 10.5. The maximum Gasteiger partial charge on any atom is 0.340 e. The SMILES string of the molecule is CCOC(=O)c1ccccc1NC(=O)/C(C#N)=C\Nc1cc([N+](=O)[O-])ccc1OC. The van der Waals surface area contributed by atoms with Gasteiger partial charge in [-0.15, -0.1) is 0 Å². The van der Waals surface area contributed by atoms with Gasteiger partial charge in [-0.2, -0.15) is 5.26 Å². The van der Waals surface area contributed by atoms with Gasteiger partial charge >= 0.3 is 5.97 Å². The molecule has 0 unspecified atom stereocenters. The van der Waals surface area contributed by atoms with Crippen molar-refractivity contribution in [1.29, 1.82) is 5.26 Å². The predicted molar refractivity (Wildman–Crippen MR) is 108 cm³/mol. The Labute approximate surface area is 171 Å². The van der Waals surface area contributed by atoms with Crippen molar-refractivity contribution in [2.24, 2.45) is 0 Å². The van der Waals surface area contributed by atoms with Crippen molar-refractivity contribution in [2.75, 3.05) is 24.4 Å². The first kappa shape index (κ1) is 21.9. The van der Waals surface area contributed by atoms with Gasteiger partial charge in [-0.25, -0.2) is 4.79 Å². The first-order valence-electron chi connectivity index (χ1n) is 8.68. The van der Waals surface area contributed by atoms with E-state index in [2.05, 4.69) is 10.6 Å². The number of anilines is 2. The number of methoxy groups -OCH3 is 1. The second kappa shape index (κ2) is 10.2. The summed E-state index contributed by atoms with van der Waals surface area (Å²) in [6.45, 7) is 1.82. The molecule has 0 fully saturated rings. The molecule has 0 saturated carbocycles. The molecule has 0 bridgehead atoms. The monoisotopic (exact) mass is 410 g/mol. The number of nitriles is 1. The lowest BCUT2D eigenvalue weighted by atomic mass is 10.1. The van der Waals surface area contributed by atoms with Gasteiger partial charge in [0.15, 0.2) is 0 Å². The first-order chi connectivity index (χ1) is 14.4. The molecule has 0 aliphatic heterocycles. The van der Waals surface area contributed by atoms with Crippen LogP contribution in [0.15, 0.2) is 54.2 Å². The molecule has 0 atom stereocenters. The number of esters is 1. The molecule has 1 amide bonds. The molecule has 0 aliphatic carbocycles. The third kappa shape index (κ3) is 5.32. The molecule has 2 rings (SSSR count). The summed E-state index contributed by atoms with van der Waals surface area (Å²) >= 11 is 0. The van der Waals surface area contributed by atoms with Crippen molar-refractivity contribution in [1.82, 2.24) is 0 Å². The number of hydrogen-bond donors (Lipinski definition) is 2. The van der Waals surface area contributed by atoms with Crippen LogP contribution < -0.4 is 15.4 Å². The second-order valence-corrected chi connectivity index (χ2v) is 5.68. The third-order valence-corrected chi connectivity index (χ3v) is 3.80. The van der Waals surface area contributed by atoms with Crippen LogP contribution >= 0.6 is 0 Å². The molecule has 0 saturated heterocycles. The van der Waals surface area contributed by atoms with E-state index in [0.717, 1.165) is 6.20 Å². The summed E-state index contributed by atoms with van der Waals surface area (Å²) in [5, 5.41) is 25.4. The number of nitrogens with one attached hydrogen (secondary N) is 2. The molecule has 30 heavy (non-hydrogen) atoms. The zero-order valence-electron chi connectivity index (χ0n) is 16.2. The molecule has 2 aromatic rings. The number of rotatable bonds is 8. The van der Waals surface area contributed by atoms with Crippen LogP contribution in [0.5, 0.6) is 5.75 Å². The minimum Gasteiger partial charge on any atom is -0.495 e. The first-order valence-corrected chi connectivity index (χ1v) is 8.68. The van der Waals surface area contributed by atoms with Gasteiger partial charge in [-0.05, 0) is 25.1 Å². The lowest BCUT2D eigenvalue weighted by molar-refractivity contribution is -0.384. The van der Waals surface area contributed by atoms with Crippen LogP contribution in [0, 0.1) is 21.4 Å². The predicted octanol–water partition coefficient (Wildman–Crippen LogP) is 3.24. The van der Waals surface area contributed by atoms with E-state index < -0.39 is 16.8 Å². The highest BCUT2D eigenvalue weighted by molar-refractivity contribution is 6.09. The minimum atomic E-state index is -0.786. The van der Waals surface area contributed by atoms with Gasteiger partial charge in [0.25, 0.3) is 11.6 Å². The number of hydrogen-bond acceptors (Lipinski definition) is 8. The van der Waals surface area contributed by atoms with E-state index in [1.165, 1.54) is 37.4 Å². The van der Waals surface area contributed by atoms with E-state index in [9.17, 15) is 25.0 Å². The molecule has 2 N–H and O–H groups in total. The fourth-order valence-electron chi connectivity index (χ4n) is 2.39. The Hall–Kier alpha value is -4.39. The zero-order chi connectivity index (χ0) is 22.1. The lowest BCUT2D eigenvalue weighted by Crippen LogP contribution is -2.17. The second-order valence-electron chi connectivity index (χ2n) is 5.68. The van der Waals surface area contributed by atoms with Crippen LogP contribution in [0.3, 0.4) is 0 Å². The summed E-state index contributed by atoms with van der Waals surface area (Å²) in [6, 6.07) is 11.8. The van der Waals surface area contributed by atoms with Crippen molar-refractivity contribution >= 4 is 28.9 Å². The minimum absolute atomic E-state index is 0.137. The quantitative estimate of drug-likeness (QED) is 0.222. The van der Waals surface area contributed by atoms with Crippen LogP contribution in [0.2, 0.25) is 0 Å². The molecular formula is C20H18N4O6. The number of benzene rings is 2. The van der Waals surface area contributed by atoms with E-state index in [4.69, 9.17) is 9.47 Å². The highest BCUT2D eigenvalue weighted by Crippen LogP contribution is 2.29. The fourth-order valence-corrected chi connectivity index (χ4v) is 2.39. The molecule has 10 heteroatoms. The van der Waals surface area contributed by atoms with Gasteiger partial charge < -0.3 is 20.1 Å². The van der Waals surface area contributed by atoms with Gasteiger partial charge in [0, 0.05) is 18.3 Å². The molecule has 10 nitrogen and oxygen atoms in total. The number of para-hydroxylation sites is 1. The van der Waals surface area contributed by atoms with Crippen LogP contribution in [-0.2, 0) is 9.53 Å². The Kier molecular flexibility index (Phi) is 7.47. The Morgan fingerprint density at radius 3 is 2.60 bits per heavy atom. The number of amides is 1. The molecule has 154 valence electrons. The van der Waals surface area contributed by atoms with Gasteiger partial charge in [-0.1, -0.05) is 12.1 Å². The number of carbonyl (C=O) groups is 2. The van der Waals surface area contributed by atoms with Crippen molar-refractivity contribution < 1.29 is 24.0 Å². The van der Waals surface area contributed by atoms with Crippen LogP contribution in [-0.4, -0.2) is 30.5 Å². The smallest absolute Gasteiger partial charge is 0.340 e. The summed E-state index contributed by atoms with van der Waals surface area (Å²) in [7, 11) is 1.38. The van der Waals surface area contributed by atoms with Gasteiger partial charge in [-0.3, -0.25) is 14.9 Å². The Morgan fingerprint density at radius 1 is 1.23 bits per heavy atom. The Balaban J connectivity index is 2.25. The van der Waals surface area contributed by atoms with E-state index in [0.29, 0.717) is 0 Å². The number of nitro benzene ring substituents is 1. The van der Waals surface area contributed by atoms with Crippen molar-refractivity contribution in [3.8, 4) is 11.8 Å². The number of carbonyl (C=O) groups excluding carboxylic acids is 2. The highest BCUT2D eigenvalue weighted by atomic mass is 16.6. The van der Waals surface area contributed by atoms with Gasteiger partial charge in [0.1, 0.15) is 17.4 Å². The summed E-state index contributed by atoms with van der Waals surface area (Å²) < 4.78 is 10.1. The van der Waals surface area contributed by atoms with E-state index in [1.54, 1.807) is 25.1 Å². The Morgan fingerprint density at radius 2 is 1.97 bits per heavy atom. The van der Waals surface area contributed by atoms with E-state index in [-0.39, 0.29) is 40.6 Å². The Bertz CT molecular complexity index is 1040. The fraction of sp³-hybridized carbons (Fsp3) is 0.150. The molecule has 0 spiro atoms. The summed E-state index contributed by atoms with van der Waals surface area (Å²) in [6.07, 6.45) is 1.09. The molecule has 0 radical (unpaired) electrons. The number of non-ortho nitro benzene ring substituents is 1. The lowest BCUT2D eigenvalue weighted by Gasteiger charge is -2.11. The standard InChI is InChI=1S/C20H18N4O6/c1-3-30-20(26)15-6-4-5-7-16(15)23-19(25)13(11-21)12-22-17-10-14(24(27)28)8-9-18(17)29-2/h4-10,12,22H,3H2,1-2H3,(H,23,25)/b13-12-. The summed E-state index contributed by atoms with van der Waals surface area (Å²) in [5.74, 6) is -1.12. The molecule has 0 aliphatic rings. The molecular weight excluding hydrogens is 392 g/mol. The summed E-state index contributed by atoms with van der Waals surface area (Å²) in [4.78, 5) is 34.9. The molecule has 0 aromatic heterocycles. The van der Waals surface area contributed by atoms with Crippen LogP contribution in [0.25, 0.3) is 0 Å². The maximum atomic E-state index is 12.5. The van der Waals surface area contributed by atoms with Crippen molar-refractivity contribution in [3.05, 3.63) is 69.9 Å². The number of nitro groups is 1. The molecule has 2 aromatic carbocycles. The van der Waals surface area contributed by atoms with Gasteiger partial charge in [0.05, 0.1) is 35.6 Å². The average molecular weight is 410 g/mol. The van der Waals surface area contributed by atoms with Crippen LogP contribution in [0.1, 0.15) is 17.3 Å². The highest BCUT2D eigenvalue weighted by Gasteiger charge is 2.17. The van der Waals surface area contributed by atoms with Crippen molar-refractivity contribution in [2.45, 2.75) is 6.92 Å². The number of nitrogens with zero attached hydrogens (tertiary/aromatic N) is 2. The molecule has 0 heterocycles. The maximum absolute atomic E-state index is 12.5. The summed E-state index contributed by atoms with van der Waals surface area (Å²) in [5.41, 5.74) is -0.0206. The average Bonchev–Trinajstić information content (AvgIpc) is 2.74. The van der Waals surface area contributed by atoms with Crippen molar-refractivity contribution in [3.63, 3.8) is 0 Å². The number of ether oxygens (including phenoxy) is 2. The largest absolute Gasteiger partial charge is 0.495 e. The topological polar surface area (TPSA) is 144 Å². The third-order valence-electron chi connectivity index (χ3n) is 3.80.